The molecule has 2 aromatic rings. The Morgan fingerprint density at radius 2 is 1.20 bits per heavy atom. The summed E-state index contributed by atoms with van der Waals surface area (Å²) in [6.07, 6.45) is 2.58. The SMILES string of the molecule is CC(C)(C)CCC[S+](c1ccccc1)c1ccccc1. The molecule has 0 saturated carbocycles. The lowest BCUT2D eigenvalue weighted by Gasteiger charge is -2.17. The van der Waals surface area contributed by atoms with Crippen molar-refractivity contribution in [2.45, 2.75) is 43.4 Å². The maximum absolute atomic E-state index is 2.33. The second-order valence-corrected chi connectivity index (χ2v) is 8.52. The molecule has 0 bridgehead atoms. The number of hydrogen-bond acceptors (Lipinski definition) is 0. The molecule has 0 spiro atoms. The van der Waals surface area contributed by atoms with Crippen LogP contribution in [-0.2, 0) is 10.9 Å². The minimum absolute atomic E-state index is 0.214. The van der Waals surface area contributed by atoms with Gasteiger partial charge in [0.15, 0.2) is 9.79 Å². The highest BCUT2D eigenvalue weighted by Crippen LogP contribution is 2.27. The lowest BCUT2D eigenvalue weighted by Crippen LogP contribution is -2.12. The van der Waals surface area contributed by atoms with Crippen molar-refractivity contribution in [3.8, 4) is 0 Å². The summed E-state index contributed by atoms with van der Waals surface area (Å²) in [5.74, 6) is 1.26. The molecule has 2 aromatic carbocycles. The van der Waals surface area contributed by atoms with E-state index in [4.69, 9.17) is 0 Å². The van der Waals surface area contributed by atoms with Gasteiger partial charge in [-0.1, -0.05) is 57.2 Å². The van der Waals surface area contributed by atoms with Crippen LogP contribution < -0.4 is 0 Å². The summed E-state index contributed by atoms with van der Waals surface area (Å²) < 4.78 is 0. The fourth-order valence-electron chi connectivity index (χ4n) is 2.29. The zero-order chi connectivity index (χ0) is 14.4. The molecule has 2 rings (SSSR count). The minimum Gasteiger partial charge on any atom is -0.0619 e. The van der Waals surface area contributed by atoms with Gasteiger partial charge in [0.05, 0.1) is 10.9 Å². The van der Waals surface area contributed by atoms with Crippen LogP contribution in [-0.4, -0.2) is 5.75 Å². The van der Waals surface area contributed by atoms with E-state index in [9.17, 15) is 0 Å². The molecule has 0 aromatic heterocycles. The molecule has 1 heteroatoms. The van der Waals surface area contributed by atoms with E-state index < -0.39 is 0 Å². The van der Waals surface area contributed by atoms with Gasteiger partial charge >= 0.3 is 0 Å². The van der Waals surface area contributed by atoms with Crippen molar-refractivity contribution < 1.29 is 0 Å². The summed E-state index contributed by atoms with van der Waals surface area (Å²) >= 11 is 0. The first kappa shape index (κ1) is 15.2. The molecule has 0 unspecified atom stereocenters. The molecule has 0 saturated heterocycles. The third-order valence-corrected chi connectivity index (χ3v) is 5.71. The summed E-state index contributed by atoms with van der Waals surface area (Å²) in [4.78, 5) is 2.93. The van der Waals surface area contributed by atoms with Crippen LogP contribution in [0.5, 0.6) is 0 Å². The predicted octanol–water partition coefficient (Wildman–Crippen LogP) is 5.55. The van der Waals surface area contributed by atoms with E-state index in [1.165, 1.54) is 28.4 Å². The van der Waals surface area contributed by atoms with Gasteiger partial charge in [-0.2, -0.15) is 0 Å². The van der Waals surface area contributed by atoms with Gasteiger partial charge in [-0.3, -0.25) is 0 Å². The molecule has 0 nitrogen and oxygen atoms in total. The van der Waals surface area contributed by atoms with E-state index in [0.717, 1.165) is 0 Å². The van der Waals surface area contributed by atoms with Crippen molar-refractivity contribution in [2.75, 3.05) is 5.75 Å². The molecule has 0 heterocycles. The molecular weight excluding hydrogens is 260 g/mol. The van der Waals surface area contributed by atoms with Gasteiger partial charge < -0.3 is 0 Å². The molecule has 0 aliphatic rings. The van der Waals surface area contributed by atoms with E-state index in [-0.39, 0.29) is 10.9 Å². The van der Waals surface area contributed by atoms with Crippen LogP contribution in [0.25, 0.3) is 0 Å². The topological polar surface area (TPSA) is 0 Å². The zero-order valence-corrected chi connectivity index (χ0v) is 13.6. The standard InChI is InChI=1S/C19H25S/c1-19(2,3)15-10-16-20(17-11-6-4-7-12-17)18-13-8-5-9-14-18/h4-9,11-14H,10,15-16H2,1-3H3/q+1. The zero-order valence-electron chi connectivity index (χ0n) is 12.8. The summed E-state index contributed by atoms with van der Waals surface area (Å²) in [7, 11) is 0.214. The molecule has 106 valence electrons. The lowest BCUT2D eigenvalue weighted by molar-refractivity contribution is 0.374. The Bertz CT molecular complexity index is 457. The van der Waals surface area contributed by atoms with Gasteiger partial charge in [0.2, 0.25) is 0 Å². The van der Waals surface area contributed by atoms with Crippen LogP contribution in [0.4, 0.5) is 0 Å². The molecule has 0 aliphatic heterocycles. The Labute approximate surface area is 126 Å². The Balaban J connectivity index is 2.13. The second-order valence-electron chi connectivity index (χ2n) is 6.39. The maximum atomic E-state index is 2.33. The lowest BCUT2D eigenvalue weighted by atomic mass is 9.91. The highest BCUT2D eigenvalue weighted by molar-refractivity contribution is 7.97. The molecule has 0 N–H and O–H groups in total. The van der Waals surface area contributed by atoms with Crippen LogP contribution in [0.2, 0.25) is 0 Å². The second kappa shape index (κ2) is 6.99. The normalized spacial score (nSPS) is 11.8. The fraction of sp³-hybridized carbons (Fsp3) is 0.368. The third kappa shape index (κ3) is 4.72. The highest BCUT2D eigenvalue weighted by atomic mass is 32.2. The number of hydrogen-bond donors (Lipinski definition) is 0. The molecule has 0 aliphatic carbocycles. The highest BCUT2D eigenvalue weighted by Gasteiger charge is 2.25. The van der Waals surface area contributed by atoms with Crippen molar-refractivity contribution in [3.05, 3.63) is 60.7 Å². The predicted molar refractivity (Wildman–Crippen MR) is 90.3 cm³/mol. The van der Waals surface area contributed by atoms with Gasteiger partial charge in [0, 0.05) is 0 Å². The Hall–Kier alpha value is -1.21. The molecule has 0 atom stereocenters. The van der Waals surface area contributed by atoms with Crippen molar-refractivity contribution in [1.29, 1.82) is 0 Å². The molecule has 20 heavy (non-hydrogen) atoms. The van der Waals surface area contributed by atoms with E-state index in [0.29, 0.717) is 5.41 Å². The van der Waals surface area contributed by atoms with Crippen LogP contribution >= 0.6 is 0 Å². The van der Waals surface area contributed by atoms with Crippen molar-refractivity contribution >= 4 is 10.9 Å². The van der Waals surface area contributed by atoms with Crippen LogP contribution in [0, 0.1) is 5.41 Å². The monoisotopic (exact) mass is 285 g/mol. The van der Waals surface area contributed by atoms with Gasteiger partial charge in [-0.15, -0.1) is 0 Å². The first-order valence-corrected chi connectivity index (χ1v) is 8.77. The van der Waals surface area contributed by atoms with Crippen LogP contribution in [0.15, 0.2) is 70.5 Å². The van der Waals surface area contributed by atoms with E-state index in [1.54, 1.807) is 0 Å². The van der Waals surface area contributed by atoms with Crippen molar-refractivity contribution in [1.82, 2.24) is 0 Å². The summed E-state index contributed by atoms with van der Waals surface area (Å²) in [5.41, 5.74) is 0.433. The van der Waals surface area contributed by atoms with Crippen LogP contribution in [0.1, 0.15) is 33.6 Å². The summed E-state index contributed by atoms with van der Waals surface area (Å²) in [6, 6.07) is 21.9. The van der Waals surface area contributed by atoms with Crippen molar-refractivity contribution in [3.63, 3.8) is 0 Å². The summed E-state index contributed by atoms with van der Waals surface area (Å²) in [6.45, 7) is 6.99. The maximum Gasteiger partial charge on any atom is 0.160 e. The van der Waals surface area contributed by atoms with Crippen LogP contribution in [0.3, 0.4) is 0 Å². The Kier molecular flexibility index (Phi) is 5.31. The molecular formula is C19H25S+. The molecule has 0 amide bonds. The van der Waals surface area contributed by atoms with E-state index in [2.05, 4.69) is 81.4 Å². The van der Waals surface area contributed by atoms with Crippen molar-refractivity contribution in [2.24, 2.45) is 5.41 Å². The Morgan fingerprint density at radius 3 is 1.60 bits per heavy atom. The van der Waals surface area contributed by atoms with Gasteiger partial charge in [0.1, 0.15) is 5.75 Å². The first-order chi connectivity index (χ1) is 9.56. The molecule has 0 fully saturated rings. The first-order valence-electron chi connectivity index (χ1n) is 7.37. The van der Waals surface area contributed by atoms with Gasteiger partial charge in [-0.25, -0.2) is 0 Å². The van der Waals surface area contributed by atoms with E-state index >= 15 is 0 Å². The minimum atomic E-state index is 0.214. The average Bonchev–Trinajstić information content (AvgIpc) is 2.44. The quantitative estimate of drug-likeness (QED) is 0.632. The molecule has 0 radical (unpaired) electrons. The van der Waals surface area contributed by atoms with Gasteiger partial charge in [-0.05, 0) is 42.5 Å². The summed E-state index contributed by atoms with van der Waals surface area (Å²) in [5, 5.41) is 0. The van der Waals surface area contributed by atoms with Gasteiger partial charge in [0.25, 0.3) is 0 Å². The fourth-order valence-corrected chi connectivity index (χ4v) is 4.44. The number of benzene rings is 2. The number of rotatable bonds is 5. The third-order valence-electron chi connectivity index (χ3n) is 3.33. The Morgan fingerprint density at radius 1 is 0.750 bits per heavy atom. The average molecular weight is 285 g/mol. The largest absolute Gasteiger partial charge is 0.160 e. The smallest absolute Gasteiger partial charge is 0.0619 e. The van der Waals surface area contributed by atoms with E-state index in [1.807, 2.05) is 0 Å².